The average Bonchev–Trinajstić information content (AvgIpc) is 2.15. The fourth-order valence-corrected chi connectivity index (χ4v) is 3.54. The number of aryl methyl sites for hydroxylation is 1. The van der Waals surface area contributed by atoms with Crippen molar-refractivity contribution in [2.45, 2.75) is 51.9 Å². The van der Waals surface area contributed by atoms with Crippen LogP contribution in [-0.4, -0.2) is 0 Å². The topological polar surface area (TPSA) is 26.0 Å². The number of benzene rings is 1. The van der Waals surface area contributed by atoms with Crippen LogP contribution < -0.4 is 5.73 Å². The van der Waals surface area contributed by atoms with Crippen LogP contribution >= 0.6 is 0 Å². The summed E-state index contributed by atoms with van der Waals surface area (Å²) in [5, 5.41) is 0. The normalized spacial score (nSPS) is 21.4. The van der Waals surface area contributed by atoms with E-state index in [1.54, 1.807) is 0 Å². The van der Waals surface area contributed by atoms with Crippen molar-refractivity contribution >= 4 is 5.69 Å². The van der Waals surface area contributed by atoms with Crippen LogP contribution in [0, 0.1) is 6.92 Å². The molecule has 0 heterocycles. The summed E-state index contributed by atoms with van der Waals surface area (Å²) in [7, 11) is 0. The van der Waals surface area contributed by atoms with Crippen molar-refractivity contribution < 1.29 is 0 Å². The van der Waals surface area contributed by atoms with Crippen molar-refractivity contribution in [3.63, 3.8) is 0 Å². The van der Waals surface area contributed by atoms with Crippen LogP contribution in [0.4, 0.5) is 5.69 Å². The summed E-state index contributed by atoms with van der Waals surface area (Å²) in [5.74, 6) is 0. The van der Waals surface area contributed by atoms with E-state index in [1.165, 1.54) is 23.1 Å². The highest BCUT2D eigenvalue weighted by atomic mass is 14.6. The molecule has 0 bridgehead atoms. The summed E-state index contributed by atoms with van der Waals surface area (Å²) >= 11 is 0. The third kappa shape index (κ3) is 1.45. The monoisotopic (exact) mass is 203 g/mol. The summed E-state index contributed by atoms with van der Waals surface area (Å²) in [5.41, 5.74) is 11.7. The molecule has 82 valence electrons. The molecule has 2 rings (SSSR count). The molecule has 0 aliphatic heterocycles. The molecule has 1 aromatic carbocycles. The highest BCUT2D eigenvalue weighted by molar-refractivity contribution is 5.57. The van der Waals surface area contributed by atoms with Crippen LogP contribution in [0.25, 0.3) is 0 Å². The van der Waals surface area contributed by atoms with Gasteiger partial charge in [0.25, 0.3) is 0 Å². The number of rotatable bonds is 0. The second kappa shape index (κ2) is 2.78. The van der Waals surface area contributed by atoms with Crippen molar-refractivity contribution in [3.05, 3.63) is 28.8 Å². The van der Waals surface area contributed by atoms with Gasteiger partial charge in [0.15, 0.2) is 0 Å². The van der Waals surface area contributed by atoms with E-state index in [2.05, 4.69) is 46.8 Å². The molecule has 1 aliphatic carbocycles. The molecule has 0 aromatic heterocycles. The Kier molecular flexibility index (Phi) is 1.95. The molecule has 0 spiro atoms. The van der Waals surface area contributed by atoms with Crippen molar-refractivity contribution in [1.29, 1.82) is 0 Å². The van der Waals surface area contributed by atoms with E-state index >= 15 is 0 Å². The van der Waals surface area contributed by atoms with Gasteiger partial charge in [-0.1, -0.05) is 27.7 Å². The van der Waals surface area contributed by atoms with E-state index in [-0.39, 0.29) is 10.8 Å². The zero-order valence-corrected chi connectivity index (χ0v) is 10.4. The summed E-state index contributed by atoms with van der Waals surface area (Å²) < 4.78 is 0. The standard InChI is InChI=1S/C14H21N/c1-9-6-10(15)7-11-12(9)14(4,5)8-13(11,2)3/h6-7H,8,15H2,1-5H3. The van der Waals surface area contributed by atoms with Crippen LogP contribution in [0.2, 0.25) is 0 Å². The number of nitrogen functional groups attached to an aromatic ring is 1. The lowest BCUT2D eigenvalue weighted by molar-refractivity contribution is 0.402. The predicted molar refractivity (Wildman–Crippen MR) is 66.3 cm³/mol. The highest BCUT2D eigenvalue weighted by Crippen LogP contribution is 2.50. The van der Waals surface area contributed by atoms with Crippen LogP contribution in [-0.2, 0) is 10.8 Å². The Labute approximate surface area is 92.7 Å². The van der Waals surface area contributed by atoms with Crippen molar-refractivity contribution in [3.8, 4) is 0 Å². The molecule has 1 heteroatoms. The van der Waals surface area contributed by atoms with E-state index in [9.17, 15) is 0 Å². The molecule has 1 nitrogen and oxygen atoms in total. The Bertz CT molecular complexity index is 414. The first-order chi connectivity index (χ1) is 6.74. The Balaban J connectivity index is 2.75. The quantitative estimate of drug-likeness (QED) is 0.641. The summed E-state index contributed by atoms with van der Waals surface area (Å²) in [6.45, 7) is 11.5. The zero-order chi connectivity index (χ0) is 11.4. The van der Waals surface area contributed by atoms with Crippen LogP contribution in [0.1, 0.15) is 50.8 Å². The van der Waals surface area contributed by atoms with Gasteiger partial charge < -0.3 is 5.73 Å². The predicted octanol–water partition coefficient (Wildman–Crippen LogP) is 3.54. The number of fused-ring (bicyclic) bond motifs is 1. The Hall–Kier alpha value is -0.980. The van der Waals surface area contributed by atoms with Gasteiger partial charge in [0.05, 0.1) is 0 Å². The van der Waals surface area contributed by atoms with Crippen molar-refractivity contribution in [2.24, 2.45) is 0 Å². The van der Waals surface area contributed by atoms with E-state index in [0.29, 0.717) is 0 Å². The zero-order valence-electron chi connectivity index (χ0n) is 10.4. The molecule has 0 unspecified atom stereocenters. The highest BCUT2D eigenvalue weighted by Gasteiger charge is 2.42. The maximum absolute atomic E-state index is 5.94. The van der Waals surface area contributed by atoms with Gasteiger partial charge >= 0.3 is 0 Å². The first-order valence-corrected chi connectivity index (χ1v) is 5.65. The lowest BCUT2D eigenvalue weighted by atomic mass is 9.81. The van der Waals surface area contributed by atoms with E-state index in [0.717, 1.165) is 5.69 Å². The van der Waals surface area contributed by atoms with Gasteiger partial charge in [-0.25, -0.2) is 0 Å². The third-order valence-electron chi connectivity index (χ3n) is 3.65. The second-order valence-electron chi connectivity index (χ2n) is 6.20. The Morgan fingerprint density at radius 1 is 1.07 bits per heavy atom. The number of anilines is 1. The maximum atomic E-state index is 5.94. The van der Waals surface area contributed by atoms with Gasteiger partial charge in [-0.05, 0) is 53.0 Å². The Morgan fingerprint density at radius 2 is 1.67 bits per heavy atom. The molecule has 0 saturated heterocycles. The maximum Gasteiger partial charge on any atom is 0.0319 e. The first kappa shape index (κ1) is 10.5. The van der Waals surface area contributed by atoms with Gasteiger partial charge in [-0.2, -0.15) is 0 Å². The molecular weight excluding hydrogens is 182 g/mol. The summed E-state index contributed by atoms with van der Waals surface area (Å²) in [6, 6.07) is 4.26. The fraction of sp³-hybridized carbons (Fsp3) is 0.571. The van der Waals surface area contributed by atoms with Crippen LogP contribution in [0.3, 0.4) is 0 Å². The SMILES string of the molecule is Cc1cc(N)cc2c1C(C)(C)CC2(C)C. The molecule has 0 fully saturated rings. The van der Waals surface area contributed by atoms with Crippen LogP contribution in [0.15, 0.2) is 12.1 Å². The molecule has 0 amide bonds. The van der Waals surface area contributed by atoms with Crippen molar-refractivity contribution in [2.75, 3.05) is 5.73 Å². The second-order valence-corrected chi connectivity index (χ2v) is 6.20. The van der Waals surface area contributed by atoms with Gasteiger partial charge in [-0.3, -0.25) is 0 Å². The molecule has 1 aliphatic rings. The third-order valence-corrected chi connectivity index (χ3v) is 3.65. The molecular formula is C14H21N. The lowest BCUT2D eigenvalue weighted by Crippen LogP contribution is -2.18. The lowest BCUT2D eigenvalue weighted by Gasteiger charge is -2.23. The number of hydrogen-bond donors (Lipinski definition) is 1. The van der Waals surface area contributed by atoms with Gasteiger partial charge in [-0.15, -0.1) is 0 Å². The molecule has 0 radical (unpaired) electrons. The number of hydrogen-bond acceptors (Lipinski definition) is 1. The fourth-order valence-electron chi connectivity index (χ4n) is 3.54. The molecule has 0 saturated carbocycles. The van der Waals surface area contributed by atoms with E-state index < -0.39 is 0 Å². The summed E-state index contributed by atoms with van der Waals surface area (Å²) in [6.07, 6.45) is 1.21. The largest absolute Gasteiger partial charge is 0.399 e. The van der Waals surface area contributed by atoms with Gasteiger partial charge in [0.1, 0.15) is 0 Å². The van der Waals surface area contributed by atoms with Crippen molar-refractivity contribution in [1.82, 2.24) is 0 Å². The minimum Gasteiger partial charge on any atom is -0.399 e. The molecule has 1 aromatic rings. The smallest absolute Gasteiger partial charge is 0.0319 e. The van der Waals surface area contributed by atoms with E-state index in [1.807, 2.05) is 0 Å². The Morgan fingerprint density at radius 3 is 2.27 bits per heavy atom. The minimum atomic E-state index is 0.263. The number of nitrogens with two attached hydrogens (primary N) is 1. The van der Waals surface area contributed by atoms with Gasteiger partial charge in [0, 0.05) is 5.69 Å². The minimum absolute atomic E-state index is 0.263. The molecule has 15 heavy (non-hydrogen) atoms. The van der Waals surface area contributed by atoms with Crippen LogP contribution in [0.5, 0.6) is 0 Å². The summed E-state index contributed by atoms with van der Waals surface area (Å²) in [4.78, 5) is 0. The molecule has 2 N–H and O–H groups in total. The van der Waals surface area contributed by atoms with E-state index in [4.69, 9.17) is 5.73 Å². The van der Waals surface area contributed by atoms with Gasteiger partial charge in [0.2, 0.25) is 0 Å². The first-order valence-electron chi connectivity index (χ1n) is 5.65. The average molecular weight is 203 g/mol. The molecule has 0 atom stereocenters.